The average molecular weight is 280 g/mol. The van der Waals surface area contributed by atoms with Crippen LogP contribution in [0.4, 0.5) is 4.79 Å². The van der Waals surface area contributed by atoms with Gasteiger partial charge in [-0.15, -0.1) is 0 Å². The molecule has 0 atom stereocenters. The van der Waals surface area contributed by atoms with E-state index in [1.165, 1.54) is 12.1 Å². The maximum absolute atomic E-state index is 11.3. The number of benzene rings is 1. The Morgan fingerprint density at radius 2 is 2.05 bits per heavy atom. The summed E-state index contributed by atoms with van der Waals surface area (Å²) in [6.45, 7) is -0.000194. The fraction of sp³-hybridized carbons (Fsp3) is 0.0833. The summed E-state index contributed by atoms with van der Waals surface area (Å²) in [5, 5.41) is 8.55. The standard InChI is InChI=1S/C12H8O6S/c13-10(14)8-4-7-3-6(5-17-12(16)19)1-2-9(7)18-11(8)15/h1-4H,5H2,(H,13,14)(H,16,19). The lowest BCUT2D eigenvalue weighted by molar-refractivity contribution is 0.0692. The Morgan fingerprint density at radius 3 is 2.68 bits per heavy atom. The molecule has 0 amide bonds. The van der Waals surface area contributed by atoms with Gasteiger partial charge in [-0.25, -0.2) is 14.4 Å². The number of aromatic carboxylic acids is 1. The molecule has 0 bridgehead atoms. The lowest BCUT2D eigenvalue weighted by Crippen LogP contribution is -2.12. The van der Waals surface area contributed by atoms with E-state index in [2.05, 4.69) is 12.6 Å². The summed E-state index contributed by atoms with van der Waals surface area (Å²) in [6.07, 6.45) is 0. The van der Waals surface area contributed by atoms with Crippen LogP contribution in [0.3, 0.4) is 0 Å². The van der Waals surface area contributed by atoms with Crippen molar-refractivity contribution < 1.29 is 23.8 Å². The smallest absolute Gasteiger partial charge is 0.364 e. The molecule has 1 aromatic carbocycles. The Balaban J connectivity index is 2.46. The first kappa shape index (κ1) is 13.2. The van der Waals surface area contributed by atoms with Crippen LogP contribution in [0.1, 0.15) is 15.9 Å². The van der Waals surface area contributed by atoms with Crippen molar-refractivity contribution in [1.29, 1.82) is 0 Å². The van der Waals surface area contributed by atoms with Gasteiger partial charge in [0.1, 0.15) is 17.8 Å². The molecule has 0 saturated carbocycles. The second-order valence-electron chi connectivity index (χ2n) is 3.68. The molecular weight excluding hydrogens is 272 g/mol. The van der Waals surface area contributed by atoms with Crippen LogP contribution < -0.4 is 5.63 Å². The highest BCUT2D eigenvalue weighted by Gasteiger charge is 2.12. The van der Waals surface area contributed by atoms with Gasteiger partial charge in [-0.1, -0.05) is 18.7 Å². The van der Waals surface area contributed by atoms with Crippen molar-refractivity contribution in [2.75, 3.05) is 0 Å². The Bertz CT molecular complexity index is 718. The normalized spacial score (nSPS) is 10.4. The molecule has 0 unspecified atom stereocenters. The van der Waals surface area contributed by atoms with Crippen molar-refractivity contribution in [1.82, 2.24) is 0 Å². The van der Waals surface area contributed by atoms with Gasteiger partial charge in [0.25, 0.3) is 0 Å². The van der Waals surface area contributed by atoms with Crippen molar-refractivity contribution in [3.63, 3.8) is 0 Å². The van der Waals surface area contributed by atoms with E-state index in [1.54, 1.807) is 12.1 Å². The van der Waals surface area contributed by atoms with Crippen LogP contribution in [-0.4, -0.2) is 16.4 Å². The number of carbonyl (C=O) groups excluding carboxylic acids is 1. The Labute approximate surface area is 112 Å². The summed E-state index contributed by atoms with van der Waals surface area (Å²) in [7, 11) is 0. The zero-order valence-corrected chi connectivity index (χ0v) is 10.3. The predicted molar refractivity (Wildman–Crippen MR) is 68.6 cm³/mol. The average Bonchev–Trinajstić information content (AvgIpc) is 2.35. The van der Waals surface area contributed by atoms with Crippen LogP contribution in [0.5, 0.6) is 0 Å². The number of ether oxygens (including phenoxy) is 1. The minimum absolute atomic E-state index is 0.000194. The van der Waals surface area contributed by atoms with Crippen molar-refractivity contribution in [3.05, 3.63) is 45.8 Å². The van der Waals surface area contributed by atoms with Gasteiger partial charge in [0.2, 0.25) is 0 Å². The molecule has 19 heavy (non-hydrogen) atoms. The van der Waals surface area contributed by atoms with Crippen molar-refractivity contribution >= 4 is 34.9 Å². The van der Waals surface area contributed by atoms with E-state index in [4.69, 9.17) is 14.3 Å². The van der Waals surface area contributed by atoms with E-state index in [0.29, 0.717) is 10.9 Å². The Morgan fingerprint density at radius 1 is 1.32 bits per heavy atom. The van der Waals surface area contributed by atoms with Crippen LogP contribution in [0.25, 0.3) is 11.0 Å². The fourth-order valence-electron chi connectivity index (χ4n) is 1.56. The number of carboxylic acids is 1. The summed E-state index contributed by atoms with van der Waals surface area (Å²) < 4.78 is 9.57. The highest BCUT2D eigenvalue weighted by Crippen LogP contribution is 2.16. The van der Waals surface area contributed by atoms with Gasteiger partial charge in [-0.3, -0.25) is 0 Å². The molecule has 2 rings (SSSR count). The highest BCUT2D eigenvalue weighted by atomic mass is 32.1. The molecule has 1 N–H and O–H groups in total. The van der Waals surface area contributed by atoms with Crippen LogP contribution in [-0.2, 0) is 11.3 Å². The number of thiol groups is 1. The van der Waals surface area contributed by atoms with Gasteiger partial charge in [0.05, 0.1) is 0 Å². The maximum atomic E-state index is 11.3. The SMILES string of the molecule is O=C(S)OCc1ccc2oc(=O)c(C(=O)O)cc2c1. The largest absolute Gasteiger partial charge is 0.477 e. The van der Waals surface area contributed by atoms with Gasteiger partial charge >= 0.3 is 16.9 Å². The monoisotopic (exact) mass is 280 g/mol. The maximum Gasteiger partial charge on any atom is 0.364 e. The first-order valence-corrected chi connectivity index (χ1v) is 5.58. The summed E-state index contributed by atoms with van der Waals surface area (Å²) in [6, 6.07) is 5.89. The lowest BCUT2D eigenvalue weighted by Gasteiger charge is -2.03. The first-order valence-electron chi connectivity index (χ1n) is 5.13. The van der Waals surface area contributed by atoms with Crippen LogP contribution in [0, 0.1) is 0 Å². The number of carboxylic acid groups (broad SMARTS) is 1. The second-order valence-corrected chi connectivity index (χ2v) is 4.04. The topological polar surface area (TPSA) is 93.8 Å². The van der Waals surface area contributed by atoms with E-state index in [-0.39, 0.29) is 12.2 Å². The van der Waals surface area contributed by atoms with Gasteiger partial charge in [-0.05, 0) is 23.8 Å². The molecule has 0 aliphatic heterocycles. The zero-order valence-electron chi connectivity index (χ0n) is 9.45. The summed E-state index contributed by atoms with van der Waals surface area (Å²) >= 11 is 3.46. The van der Waals surface area contributed by atoms with Crippen molar-refractivity contribution in [2.24, 2.45) is 0 Å². The molecule has 2 aromatic rings. The minimum Gasteiger partial charge on any atom is -0.477 e. The van der Waals surface area contributed by atoms with E-state index in [9.17, 15) is 14.4 Å². The van der Waals surface area contributed by atoms with E-state index < -0.39 is 22.5 Å². The van der Waals surface area contributed by atoms with Crippen molar-refractivity contribution in [3.8, 4) is 0 Å². The Kier molecular flexibility index (Phi) is 3.57. The first-order chi connectivity index (χ1) is 8.97. The minimum atomic E-state index is -1.36. The predicted octanol–water partition coefficient (Wildman–Crippen LogP) is 2.06. The molecular formula is C12H8O6S. The molecule has 0 aliphatic carbocycles. The molecule has 0 radical (unpaired) electrons. The fourth-order valence-corrected chi connectivity index (χ4v) is 1.62. The van der Waals surface area contributed by atoms with Gasteiger partial charge in [0.15, 0.2) is 0 Å². The number of rotatable bonds is 3. The molecule has 98 valence electrons. The third kappa shape index (κ3) is 2.94. The van der Waals surface area contributed by atoms with Crippen molar-refractivity contribution in [2.45, 2.75) is 6.61 Å². The van der Waals surface area contributed by atoms with Gasteiger partial charge in [-0.2, -0.15) is 0 Å². The third-order valence-corrected chi connectivity index (χ3v) is 2.52. The summed E-state index contributed by atoms with van der Waals surface area (Å²) in [5.41, 5.74) is -0.471. The zero-order chi connectivity index (χ0) is 14.0. The number of hydrogen-bond acceptors (Lipinski definition) is 5. The highest BCUT2D eigenvalue weighted by molar-refractivity contribution is 7.96. The summed E-state index contributed by atoms with van der Waals surface area (Å²) in [5.74, 6) is -1.36. The van der Waals surface area contributed by atoms with Crippen LogP contribution >= 0.6 is 12.6 Å². The molecule has 0 aliphatic rings. The molecule has 0 saturated heterocycles. The molecule has 0 fully saturated rings. The van der Waals surface area contributed by atoms with E-state index >= 15 is 0 Å². The molecule has 7 heteroatoms. The van der Waals surface area contributed by atoms with E-state index in [0.717, 1.165) is 0 Å². The number of hydrogen-bond donors (Lipinski definition) is 2. The Hall–Kier alpha value is -2.28. The molecule has 6 nitrogen and oxygen atoms in total. The van der Waals surface area contributed by atoms with Crippen LogP contribution in [0.15, 0.2) is 33.5 Å². The lowest BCUT2D eigenvalue weighted by atomic mass is 10.1. The number of fused-ring (bicyclic) bond motifs is 1. The van der Waals surface area contributed by atoms with E-state index in [1.807, 2.05) is 0 Å². The molecule has 1 heterocycles. The quantitative estimate of drug-likeness (QED) is 0.507. The molecule has 0 spiro atoms. The summed E-state index contributed by atoms with van der Waals surface area (Å²) in [4.78, 5) is 32.7. The third-order valence-electron chi connectivity index (χ3n) is 2.39. The van der Waals surface area contributed by atoms with Gasteiger partial charge in [0, 0.05) is 5.39 Å². The van der Waals surface area contributed by atoms with Crippen LogP contribution in [0.2, 0.25) is 0 Å². The number of carbonyl (C=O) groups is 2. The van der Waals surface area contributed by atoms with Gasteiger partial charge < -0.3 is 14.3 Å². The molecule has 1 aromatic heterocycles. The second kappa shape index (κ2) is 5.15.